The molecule has 0 unspecified atom stereocenters. The number of benzene rings is 5. The Balaban J connectivity index is 1.46. The van der Waals surface area contributed by atoms with Crippen LogP contribution in [0.4, 0.5) is 17.1 Å². The zero-order valence-electron chi connectivity index (χ0n) is 21.6. The molecule has 0 amide bonds. The molecule has 7 aromatic rings. The number of rotatable bonds is 1. The third-order valence-electron chi connectivity index (χ3n) is 8.60. The fourth-order valence-electron chi connectivity index (χ4n) is 6.80. The molecular weight excluding hydrogens is 448 g/mol. The van der Waals surface area contributed by atoms with E-state index in [1.807, 2.05) is 0 Å². The lowest BCUT2D eigenvalue weighted by atomic mass is 9.72. The van der Waals surface area contributed by atoms with Crippen molar-refractivity contribution in [3.8, 4) is 0 Å². The van der Waals surface area contributed by atoms with E-state index < -0.39 is 0 Å². The molecule has 0 saturated carbocycles. The van der Waals surface area contributed by atoms with Gasteiger partial charge in [-0.1, -0.05) is 85.6 Å². The van der Waals surface area contributed by atoms with Gasteiger partial charge in [0.1, 0.15) is 0 Å². The van der Waals surface area contributed by atoms with Gasteiger partial charge >= 0.3 is 0 Å². The maximum atomic E-state index is 2.47. The first-order valence-corrected chi connectivity index (χ1v) is 13.1. The molecule has 0 fully saturated rings. The molecule has 3 heterocycles. The highest BCUT2D eigenvalue weighted by Crippen LogP contribution is 2.53. The summed E-state index contributed by atoms with van der Waals surface area (Å²) in [5.41, 5.74) is 12.9. The Morgan fingerprint density at radius 2 is 1.14 bits per heavy atom. The molecule has 2 aromatic heterocycles. The lowest BCUT2D eigenvalue weighted by Gasteiger charge is -2.42. The van der Waals surface area contributed by atoms with Crippen LogP contribution in [-0.2, 0) is 5.41 Å². The van der Waals surface area contributed by atoms with Crippen molar-refractivity contribution in [1.29, 1.82) is 0 Å². The van der Waals surface area contributed by atoms with Gasteiger partial charge in [0.2, 0.25) is 0 Å². The second-order valence-corrected chi connectivity index (χ2v) is 11.3. The second kappa shape index (κ2) is 6.92. The molecule has 0 aliphatic carbocycles. The number of para-hydroxylation sites is 2. The Kier molecular flexibility index (Phi) is 3.90. The average molecular weight is 477 g/mol. The van der Waals surface area contributed by atoms with Gasteiger partial charge in [-0.2, -0.15) is 0 Å². The second-order valence-electron chi connectivity index (χ2n) is 11.3. The van der Waals surface area contributed by atoms with Crippen molar-refractivity contribution in [1.82, 2.24) is 4.40 Å². The molecule has 8 rings (SSSR count). The summed E-state index contributed by atoms with van der Waals surface area (Å²) in [4.78, 5) is 2.47. The number of hydrogen-bond acceptors (Lipinski definition) is 1. The van der Waals surface area contributed by atoms with Crippen molar-refractivity contribution in [3.63, 3.8) is 0 Å². The first-order valence-electron chi connectivity index (χ1n) is 13.1. The molecule has 1 aliphatic heterocycles. The number of aromatic nitrogens is 1. The largest absolute Gasteiger partial charge is 0.310 e. The van der Waals surface area contributed by atoms with E-state index in [4.69, 9.17) is 0 Å². The van der Waals surface area contributed by atoms with Gasteiger partial charge in [0.15, 0.2) is 0 Å². The third-order valence-corrected chi connectivity index (χ3v) is 8.60. The first-order chi connectivity index (χ1) is 17.9. The average Bonchev–Trinajstić information content (AvgIpc) is 3.42. The summed E-state index contributed by atoms with van der Waals surface area (Å²) in [6.45, 7) is 9.12. The van der Waals surface area contributed by atoms with E-state index in [-0.39, 0.29) is 5.41 Å². The first kappa shape index (κ1) is 20.8. The molecule has 0 saturated heterocycles. The zero-order chi connectivity index (χ0) is 25.1. The van der Waals surface area contributed by atoms with Crippen LogP contribution in [0.1, 0.15) is 36.1 Å². The summed E-state index contributed by atoms with van der Waals surface area (Å²) in [6.07, 6.45) is 0. The molecular formula is C35H28N2. The van der Waals surface area contributed by atoms with Crippen molar-refractivity contribution < 1.29 is 0 Å². The summed E-state index contributed by atoms with van der Waals surface area (Å²) in [5.74, 6) is 0. The van der Waals surface area contributed by atoms with Crippen LogP contribution >= 0.6 is 0 Å². The van der Waals surface area contributed by atoms with Crippen LogP contribution in [0.3, 0.4) is 0 Å². The van der Waals surface area contributed by atoms with Gasteiger partial charge < -0.3 is 9.30 Å². The summed E-state index contributed by atoms with van der Waals surface area (Å²) in [6, 6.07) is 36.4. The van der Waals surface area contributed by atoms with Crippen molar-refractivity contribution in [3.05, 3.63) is 119 Å². The summed E-state index contributed by atoms with van der Waals surface area (Å²) < 4.78 is 2.45. The van der Waals surface area contributed by atoms with Crippen molar-refractivity contribution in [2.24, 2.45) is 0 Å². The highest BCUT2D eigenvalue weighted by atomic mass is 15.2. The van der Waals surface area contributed by atoms with Gasteiger partial charge in [-0.15, -0.1) is 0 Å². The van der Waals surface area contributed by atoms with E-state index in [1.165, 1.54) is 77.4 Å². The van der Waals surface area contributed by atoms with E-state index in [1.54, 1.807) is 0 Å². The maximum Gasteiger partial charge on any atom is 0.0620 e. The van der Waals surface area contributed by atoms with E-state index in [2.05, 4.69) is 134 Å². The molecule has 2 heteroatoms. The van der Waals surface area contributed by atoms with Crippen LogP contribution in [0, 0.1) is 13.8 Å². The maximum absolute atomic E-state index is 2.47. The van der Waals surface area contributed by atoms with Crippen LogP contribution < -0.4 is 4.90 Å². The standard InChI is InChI=1S/C35H28N2/c1-21-12-15-32-28(18-21)35(3,4)29-19-22(2)13-16-33(29)36(32)23-14-17-31-27(20-23)26-10-7-9-25-24-8-5-6-11-30(24)37(31)34(25)26/h5-20H,1-4H3. The number of anilines is 3. The Bertz CT molecular complexity index is 1980. The van der Waals surface area contributed by atoms with Gasteiger partial charge in [-0.05, 0) is 61.4 Å². The Morgan fingerprint density at radius 3 is 1.84 bits per heavy atom. The molecule has 1 aliphatic rings. The highest BCUT2D eigenvalue weighted by Gasteiger charge is 2.37. The summed E-state index contributed by atoms with van der Waals surface area (Å²) >= 11 is 0. The number of fused-ring (bicyclic) bond motifs is 8. The molecule has 5 aromatic carbocycles. The van der Waals surface area contributed by atoms with Gasteiger partial charge in [0.25, 0.3) is 0 Å². The topological polar surface area (TPSA) is 7.65 Å². The van der Waals surface area contributed by atoms with Gasteiger partial charge in [-0.25, -0.2) is 0 Å². The lowest BCUT2D eigenvalue weighted by molar-refractivity contribution is 0.630. The molecule has 178 valence electrons. The van der Waals surface area contributed by atoms with Crippen molar-refractivity contribution >= 4 is 55.2 Å². The molecule has 0 spiro atoms. The van der Waals surface area contributed by atoms with Gasteiger partial charge in [0, 0.05) is 32.6 Å². The van der Waals surface area contributed by atoms with Crippen LogP contribution in [0.15, 0.2) is 97.1 Å². The number of nitrogens with zero attached hydrogens (tertiary/aromatic N) is 2. The Hall–Kier alpha value is -4.30. The lowest BCUT2D eigenvalue weighted by Crippen LogP contribution is -2.30. The van der Waals surface area contributed by atoms with E-state index in [0.717, 1.165) is 0 Å². The number of aryl methyl sites for hydroxylation is 2. The van der Waals surface area contributed by atoms with E-state index >= 15 is 0 Å². The van der Waals surface area contributed by atoms with Crippen molar-refractivity contribution in [2.75, 3.05) is 4.90 Å². The fraction of sp³-hybridized carbons (Fsp3) is 0.143. The molecule has 0 N–H and O–H groups in total. The molecule has 0 radical (unpaired) electrons. The van der Waals surface area contributed by atoms with Crippen LogP contribution in [0.2, 0.25) is 0 Å². The molecule has 37 heavy (non-hydrogen) atoms. The van der Waals surface area contributed by atoms with E-state index in [9.17, 15) is 0 Å². The van der Waals surface area contributed by atoms with Crippen LogP contribution in [0.5, 0.6) is 0 Å². The van der Waals surface area contributed by atoms with Crippen LogP contribution in [0.25, 0.3) is 38.1 Å². The van der Waals surface area contributed by atoms with Gasteiger partial charge in [0.05, 0.1) is 27.9 Å². The number of hydrogen-bond donors (Lipinski definition) is 0. The van der Waals surface area contributed by atoms with Crippen LogP contribution in [-0.4, -0.2) is 4.40 Å². The zero-order valence-corrected chi connectivity index (χ0v) is 21.6. The monoisotopic (exact) mass is 476 g/mol. The smallest absolute Gasteiger partial charge is 0.0620 e. The molecule has 2 nitrogen and oxygen atoms in total. The summed E-state index contributed by atoms with van der Waals surface area (Å²) in [5, 5.41) is 5.26. The normalized spacial score (nSPS) is 14.6. The summed E-state index contributed by atoms with van der Waals surface area (Å²) in [7, 11) is 0. The Morgan fingerprint density at radius 1 is 0.541 bits per heavy atom. The minimum atomic E-state index is -0.0707. The Labute approximate surface area is 216 Å². The minimum absolute atomic E-state index is 0.0707. The molecule has 0 atom stereocenters. The van der Waals surface area contributed by atoms with Crippen molar-refractivity contribution in [2.45, 2.75) is 33.1 Å². The fourth-order valence-corrected chi connectivity index (χ4v) is 6.80. The highest BCUT2D eigenvalue weighted by molar-refractivity contribution is 6.23. The molecule has 0 bridgehead atoms. The SMILES string of the molecule is Cc1ccc2c(c1)C(C)(C)c1cc(C)ccc1N2c1ccc2c(c1)c1cccc3c4ccccc4n2c31. The van der Waals surface area contributed by atoms with Gasteiger partial charge in [-0.3, -0.25) is 0 Å². The van der Waals surface area contributed by atoms with E-state index in [0.29, 0.717) is 0 Å². The third kappa shape index (κ3) is 2.60. The quantitative estimate of drug-likeness (QED) is 0.229. The predicted molar refractivity (Wildman–Crippen MR) is 157 cm³/mol. The minimum Gasteiger partial charge on any atom is -0.310 e. The predicted octanol–water partition coefficient (Wildman–Crippen LogP) is 9.56.